The minimum absolute atomic E-state index is 0.00599. The lowest BCUT2D eigenvalue weighted by Gasteiger charge is -2.37. The van der Waals surface area contributed by atoms with Crippen molar-refractivity contribution in [2.24, 2.45) is 34.1 Å². The summed E-state index contributed by atoms with van der Waals surface area (Å²) in [6.45, 7) is 12.3. The highest BCUT2D eigenvalue weighted by Crippen LogP contribution is 2.40. The highest BCUT2D eigenvalue weighted by atomic mass is 16.7. The quantitative estimate of drug-likeness (QED) is 0.154. The van der Waals surface area contributed by atoms with E-state index in [9.17, 15) is 19.2 Å². The lowest BCUT2D eigenvalue weighted by Crippen LogP contribution is -2.61. The third-order valence-electron chi connectivity index (χ3n) is 12.3. The van der Waals surface area contributed by atoms with Gasteiger partial charge in [0.2, 0.25) is 23.6 Å². The Balaban J connectivity index is 1.43. The van der Waals surface area contributed by atoms with Crippen LogP contribution < -0.4 is 21.7 Å². The molecular weight excluding hydrogens is 681 g/mol. The summed E-state index contributed by atoms with van der Waals surface area (Å²) in [5.74, 6) is -0.914. The van der Waals surface area contributed by atoms with Gasteiger partial charge in [0, 0.05) is 24.9 Å². The van der Waals surface area contributed by atoms with Crippen molar-refractivity contribution < 1.29 is 24.0 Å². The van der Waals surface area contributed by atoms with Crippen molar-refractivity contribution in [1.29, 1.82) is 0 Å². The Morgan fingerprint density at radius 3 is 2.24 bits per heavy atom. The maximum atomic E-state index is 14.9. The Hall–Kier alpha value is -3.47. The number of likely N-dealkylation sites (tertiary alicyclic amines) is 1. The lowest BCUT2D eigenvalue weighted by atomic mass is 9.82. The van der Waals surface area contributed by atoms with E-state index in [-0.39, 0.29) is 54.5 Å². The van der Waals surface area contributed by atoms with Crippen LogP contribution in [-0.4, -0.2) is 76.6 Å². The maximum Gasteiger partial charge on any atom is 0.246 e. The zero-order chi connectivity index (χ0) is 39.0. The van der Waals surface area contributed by atoms with Crippen molar-refractivity contribution in [3.63, 3.8) is 0 Å². The van der Waals surface area contributed by atoms with Crippen LogP contribution in [0.2, 0.25) is 0 Å². The van der Waals surface area contributed by atoms with Gasteiger partial charge in [0.15, 0.2) is 5.60 Å². The van der Waals surface area contributed by atoms with Gasteiger partial charge in [0.05, 0.1) is 24.2 Å². The van der Waals surface area contributed by atoms with Gasteiger partial charge in [0.1, 0.15) is 12.1 Å². The standard InChI is InChI=1S/C43H68N6O5/c1-7-16-28(9-3)24-32(38(50)45-31-22-23-31)33(17-8-2)46-39(51)35-26-43(25-34(48-54-43)29-18-12-10-13-19-29)27-49(35)41(53)37(42(4,5)6)47-40(52)36(44)30-20-14-11-15-21-30/h10,12-13,18-19,28,30-33,35-37H,7-9,11,14-17,20-27,44H2,1-6H3,(H,45,50)(H,46,51)(H,47,52)/t28-,32?,33-,35?,36-,37?,43+/m0/s1. The van der Waals surface area contributed by atoms with E-state index in [0.717, 1.165) is 81.9 Å². The molecule has 7 atom stereocenters. The molecule has 1 spiro atoms. The Labute approximate surface area is 323 Å². The minimum atomic E-state index is -0.927. The van der Waals surface area contributed by atoms with Gasteiger partial charge in [0.25, 0.3) is 0 Å². The third kappa shape index (κ3) is 10.4. The summed E-state index contributed by atoms with van der Waals surface area (Å²) in [5.41, 5.74) is 6.65. The SMILES string of the molecule is CCC[C@H](CC)CC(C(=O)NC1CC1)[C@H](CCC)NC(=O)C1C[C@]2(CC(c3ccccc3)=NO2)CN1C(=O)C(NC(=O)[C@@H](N)C1CCCCC1)C(C)(C)C. The topological polar surface area (TPSA) is 155 Å². The average molecular weight is 749 g/mol. The monoisotopic (exact) mass is 749 g/mol. The maximum absolute atomic E-state index is 14.9. The molecule has 4 amide bonds. The average Bonchev–Trinajstić information content (AvgIpc) is 3.75. The van der Waals surface area contributed by atoms with Crippen LogP contribution >= 0.6 is 0 Å². The number of rotatable bonds is 17. The molecule has 1 saturated heterocycles. The summed E-state index contributed by atoms with van der Waals surface area (Å²) in [7, 11) is 0. The fourth-order valence-corrected chi connectivity index (χ4v) is 8.88. The van der Waals surface area contributed by atoms with Gasteiger partial charge in [-0.25, -0.2) is 0 Å². The zero-order valence-corrected chi connectivity index (χ0v) is 33.8. The number of carbonyl (C=O) groups is 4. The summed E-state index contributed by atoms with van der Waals surface area (Å²) < 4.78 is 0. The summed E-state index contributed by atoms with van der Waals surface area (Å²) in [4.78, 5) is 65.1. The molecule has 5 N–H and O–H groups in total. The molecule has 2 heterocycles. The molecule has 5 rings (SSSR count). The number of benzene rings is 1. The van der Waals surface area contributed by atoms with Crippen molar-refractivity contribution >= 4 is 29.3 Å². The molecule has 4 aliphatic rings. The number of hydrogen-bond acceptors (Lipinski definition) is 7. The van der Waals surface area contributed by atoms with E-state index in [1.807, 2.05) is 51.1 Å². The normalized spacial score (nSPS) is 24.5. The van der Waals surface area contributed by atoms with Gasteiger partial charge < -0.3 is 31.4 Å². The van der Waals surface area contributed by atoms with Crippen LogP contribution in [0, 0.1) is 23.2 Å². The highest BCUT2D eigenvalue weighted by molar-refractivity contribution is 6.02. The number of nitrogens with one attached hydrogen (secondary N) is 3. The van der Waals surface area contributed by atoms with Crippen LogP contribution in [0.1, 0.15) is 143 Å². The second-order valence-corrected chi connectivity index (χ2v) is 17.9. The van der Waals surface area contributed by atoms with Crippen LogP contribution in [0.5, 0.6) is 0 Å². The molecule has 11 nitrogen and oxygen atoms in total. The van der Waals surface area contributed by atoms with Gasteiger partial charge >= 0.3 is 0 Å². The minimum Gasteiger partial charge on any atom is -0.387 e. The molecule has 0 aromatic heterocycles. The highest BCUT2D eigenvalue weighted by Gasteiger charge is 2.56. The molecule has 3 fully saturated rings. The molecule has 3 unspecified atom stereocenters. The molecule has 54 heavy (non-hydrogen) atoms. The van der Waals surface area contributed by atoms with Gasteiger partial charge in [-0.1, -0.05) is 122 Å². The predicted molar refractivity (Wildman–Crippen MR) is 212 cm³/mol. The summed E-state index contributed by atoms with van der Waals surface area (Å²) in [6, 6.07) is 7.10. The number of amides is 4. The molecule has 300 valence electrons. The fourth-order valence-electron chi connectivity index (χ4n) is 8.88. The van der Waals surface area contributed by atoms with Crippen LogP contribution in [0.3, 0.4) is 0 Å². The first-order chi connectivity index (χ1) is 25.8. The van der Waals surface area contributed by atoms with Crippen molar-refractivity contribution in [3.8, 4) is 0 Å². The summed E-state index contributed by atoms with van der Waals surface area (Å²) in [6.07, 6.45) is 12.8. The first kappa shape index (κ1) is 41.7. The molecule has 2 saturated carbocycles. The number of nitrogens with two attached hydrogens (primary N) is 1. The van der Waals surface area contributed by atoms with Gasteiger partial charge in [-0.3, -0.25) is 19.2 Å². The largest absolute Gasteiger partial charge is 0.387 e. The van der Waals surface area contributed by atoms with Gasteiger partial charge in [-0.15, -0.1) is 0 Å². The third-order valence-corrected chi connectivity index (χ3v) is 12.3. The number of carbonyl (C=O) groups excluding carboxylic acids is 4. The second-order valence-electron chi connectivity index (χ2n) is 17.9. The Morgan fingerprint density at radius 1 is 0.944 bits per heavy atom. The number of oxime groups is 1. The van der Waals surface area contributed by atoms with E-state index < -0.39 is 35.2 Å². The van der Waals surface area contributed by atoms with Crippen molar-refractivity contribution in [3.05, 3.63) is 35.9 Å². The number of nitrogens with zero attached hydrogens (tertiary/aromatic N) is 2. The predicted octanol–water partition coefficient (Wildman–Crippen LogP) is 5.99. The molecule has 2 aliphatic heterocycles. The van der Waals surface area contributed by atoms with Crippen molar-refractivity contribution in [2.75, 3.05) is 6.54 Å². The van der Waals surface area contributed by atoms with Crippen LogP contribution in [0.25, 0.3) is 0 Å². The first-order valence-corrected chi connectivity index (χ1v) is 21.1. The van der Waals surface area contributed by atoms with Crippen LogP contribution in [-0.2, 0) is 24.0 Å². The van der Waals surface area contributed by atoms with E-state index in [1.165, 1.54) is 0 Å². The van der Waals surface area contributed by atoms with Gasteiger partial charge in [-0.05, 0) is 61.3 Å². The Morgan fingerprint density at radius 2 is 1.63 bits per heavy atom. The van der Waals surface area contributed by atoms with E-state index in [0.29, 0.717) is 25.2 Å². The fraction of sp³-hybridized carbons (Fsp3) is 0.744. The Kier molecular flexibility index (Phi) is 14.2. The molecule has 2 aliphatic carbocycles. The molecule has 0 bridgehead atoms. The van der Waals surface area contributed by atoms with Crippen LogP contribution in [0.4, 0.5) is 0 Å². The van der Waals surface area contributed by atoms with Crippen molar-refractivity contribution in [2.45, 2.75) is 174 Å². The lowest BCUT2D eigenvalue weighted by molar-refractivity contribution is -0.145. The van der Waals surface area contributed by atoms with E-state index in [1.54, 1.807) is 4.90 Å². The Bertz CT molecular complexity index is 1470. The van der Waals surface area contributed by atoms with E-state index in [2.05, 4.69) is 41.9 Å². The number of hydrogen-bond donors (Lipinski definition) is 4. The molecule has 11 heteroatoms. The van der Waals surface area contributed by atoms with Crippen LogP contribution in [0.15, 0.2) is 35.5 Å². The van der Waals surface area contributed by atoms with Crippen molar-refractivity contribution in [1.82, 2.24) is 20.9 Å². The van der Waals surface area contributed by atoms with E-state index >= 15 is 0 Å². The summed E-state index contributed by atoms with van der Waals surface area (Å²) in [5, 5.41) is 14.1. The summed E-state index contributed by atoms with van der Waals surface area (Å²) >= 11 is 0. The van der Waals surface area contributed by atoms with Gasteiger partial charge in [-0.2, -0.15) is 0 Å². The molecule has 0 radical (unpaired) electrons. The first-order valence-electron chi connectivity index (χ1n) is 21.1. The molecule has 1 aromatic rings. The van der Waals surface area contributed by atoms with E-state index in [4.69, 9.17) is 10.6 Å². The molecule has 1 aromatic carbocycles. The zero-order valence-electron chi connectivity index (χ0n) is 33.8. The smallest absolute Gasteiger partial charge is 0.246 e. The molecular formula is C43H68N6O5. The second kappa shape index (κ2) is 18.4.